The van der Waals surface area contributed by atoms with E-state index in [9.17, 15) is 0 Å². The van der Waals surface area contributed by atoms with Crippen LogP contribution in [0.25, 0.3) is 0 Å². The van der Waals surface area contributed by atoms with Crippen LogP contribution in [0.5, 0.6) is 0 Å². The van der Waals surface area contributed by atoms with Gasteiger partial charge in [-0.3, -0.25) is 0 Å². The molecule has 0 radical (unpaired) electrons. The van der Waals surface area contributed by atoms with Gasteiger partial charge in [-0.25, -0.2) is 0 Å². The van der Waals surface area contributed by atoms with Gasteiger partial charge in [-0.2, -0.15) is 0 Å². The number of hydrogen-bond acceptors (Lipinski definition) is 1. The average molecular weight is 141 g/mol. The molecule has 0 heterocycles. The Kier molecular flexibility index (Phi) is 4.37. The second-order valence-electron chi connectivity index (χ2n) is 3.20. The van der Waals surface area contributed by atoms with E-state index in [1.165, 1.54) is 6.42 Å². The van der Waals surface area contributed by atoms with E-state index in [4.69, 9.17) is 5.73 Å². The first-order valence-corrected chi connectivity index (χ1v) is 3.98. The Morgan fingerprint density at radius 2 is 2.10 bits per heavy atom. The molecule has 0 rings (SSSR count). The van der Waals surface area contributed by atoms with Crippen LogP contribution in [0.1, 0.15) is 33.6 Å². The molecule has 1 heteroatoms. The molecule has 0 aromatic carbocycles. The lowest BCUT2D eigenvalue weighted by atomic mass is 9.96. The minimum Gasteiger partial charge on any atom is -0.324 e. The summed E-state index contributed by atoms with van der Waals surface area (Å²) in [6.07, 6.45) is 2.28. The third kappa shape index (κ3) is 3.67. The third-order valence-electron chi connectivity index (χ3n) is 1.99. The summed E-state index contributed by atoms with van der Waals surface area (Å²) in [5.74, 6) is 0.728. The molecule has 0 aromatic heterocycles. The first kappa shape index (κ1) is 9.70. The Labute approximate surface area is 64.3 Å². The van der Waals surface area contributed by atoms with Crippen molar-refractivity contribution in [3.05, 3.63) is 12.2 Å². The van der Waals surface area contributed by atoms with Gasteiger partial charge >= 0.3 is 0 Å². The molecule has 10 heavy (non-hydrogen) atoms. The van der Waals surface area contributed by atoms with E-state index in [1.807, 2.05) is 6.92 Å². The molecule has 0 bridgehead atoms. The Morgan fingerprint density at radius 1 is 1.60 bits per heavy atom. The van der Waals surface area contributed by atoms with Crippen molar-refractivity contribution in [3.8, 4) is 0 Å². The van der Waals surface area contributed by atoms with Crippen LogP contribution in [-0.2, 0) is 0 Å². The van der Waals surface area contributed by atoms with Gasteiger partial charge < -0.3 is 5.73 Å². The van der Waals surface area contributed by atoms with Crippen LogP contribution in [0.2, 0.25) is 0 Å². The lowest BCUT2D eigenvalue weighted by Crippen LogP contribution is -2.23. The average Bonchev–Trinajstić information content (AvgIpc) is 1.87. The van der Waals surface area contributed by atoms with Crippen molar-refractivity contribution in [1.29, 1.82) is 0 Å². The normalized spacial score (nSPS) is 16.4. The highest BCUT2D eigenvalue weighted by molar-refractivity contribution is 4.99. The molecule has 0 aliphatic rings. The molecule has 0 spiro atoms. The summed E-state index contributed by atoms with van der Waals surface area (Å²) in [6.45, 7) is 10.2. The van der Waals surface area contributed by atoms with Gasteiger partial charge in [0.1, 0.15) is 0 Å². The fourth-order valence-corrected chi connectivity index (χ4v) is 0.801. The van der Waals surface area contributed by atoms with Gasteiger partial charge in [-0.15, -0.1) is 0 Å². The fourth-order valence-electron chi connectivity index (χ4n) is 0.801. The summed E-state index contributed by atoms with van der Waals surface area (Å²) in [5.41, 5.74) is 6.89. The third-order valence-corrected chi connectivity index (χ3v) is 1.99. The summed E-state index contributed by atoms with van der Waals surface area (Å²) in [4.78, 5) is 0. The SMILES string of the molecule is C=C(C)[C@H](N)CC(C)CC. The highest BCUT2D eigenvalue weighted by atomic mass is 14.6. The topological polar surface area (TPSA) is 26.0 Å². The van der Waals surface area contributed by atoms with E-state index in [0.717, 1.165) is 17.9 Å². The summed E-state index contributed by atoms with van der Waals surface area (Å²) < 4.78 is 0. The predicted octanol–water partition coefficient (Wildman–Crippen LogP) is 2.33. The maximum absolute atomic E-state index is 5.79. The minimum absolute atomic E-state index is 0.204. The van der Waals surface area contributed by atoms with E-state index in [1.54, 1.807) is 0 Å². The van der Waals surface area contributed by atoms with Gasteiger partial charge in [0.15, 0.2) is 0 Å². The molecular weight excluding hydrogens is 122 g/mol. The maximum Gasteiger partial charge on any atom is 0.0250 e. The van der Waals surface area contributed by atoms with Crippen LogP contribution in [-0.4, -0.2) is 6.04 Å². The van der Waals surface area contributed by atoms with E-state index < -0.39 is 0 Å². The van der Waals surface area contributed by atoms with Gasteiger partial charge in [0.05, 0.1) is 0 Å². The molecule has 1 nitrogen and oxygen atoms in total. The van der Waals surface area contributed by atoms with E-state index >= 15 is 0 Å². The standard InChI is InChI=1S/C9H19N/c1-5-8(4)6-9(10)7(2)3/h8-9H,2,5-6,10H2,1,3-4H3/t8?,9-/m1/s1. The first-order valence-electron chi connectivity index (χ1n) is 3.98. The van der Waals surface area contributed by atoms with Crippen LogP contribution in [0.4, 0.5) is 0 Å². The lowest BCUT2D eigenvalue weighted by molar-refractivity contribution is 0.479. The summed E-state index contributed by atoms with van der Waals surface area (Å²) >= 11 is 0. The largest absolute Gasteiger partial charge is 0.324 e. The fraction of sp³-hybridized carbons (Fsp3) is 0.778. The van der Waals surface area contributed by atoms with E-state index in [-0.39, 0.29) is 6.04 Å². The zero-order valence-corrected chi connectivity index (χ0v) is 7.35. The lowest BCUT2D eigenvalue weighted by Gasteiger charge is -2.15. The zero-order valence-electron chi connectivity index (χ0n) is 7.35. The van der Waals surface area contributed by atoms with Gasteiger partial charge in [0.2, 0.25) is 0 Å². The summed E-state index contributed by atoms with van der Waals surface area (Å²) in [7, 11) is 0. The van der Waals surface area contributed by atoms with Crippen LogP contribution >= 0.6 is 0 Å². The van der Waals surface area contributed by atoms with Gasteiger partial charge in [0.25, 0.3) is 0 Å². The predicted molar refractivity (Wildman–Crippen MR) is 46.9 cm³/mol. The molecule has 1 unspecified atom stereocenters. The monoisotopic (exact) mass is 141 g/mol. The highest BCUT2D eigenvalue weighted by Gasteiger charge is 2.06. The van der Waals surface area contributed by atoms with Gasteiger partial charge in [-0.05, 0) is 19.3 Å². The molecule has 0 aromatic rings. The Hall–Kier alpha value is -0.300. The van der Waals surface area contributed by atoms with Crippen molar-refractivity contribution in [3.63, 3.8) is 0 Å². The molecule has 0 fully saturated rings. The van der Waals surface area contributed by atoms with Gasteiger partial charge in [-0.1, -0.05) is 32.4 Å². The number of hydrogen-bond donors (Lipinski definition) is 1. The Morgan fingerprint density at radius 3 is 2.40 bits per heavy atom. The summed E-state index contributed by atoms with van der Waals surface area (Å²) in [5, 5.41) is 0. The molecule has 0 saturated carbocycles. The maximum atomic E-state index is 5.79. The Bertz CT molecular complexity index is 107. The Balaban J connectivity index is 3.56. The van der Waals surface area contributed by atoms with Gasteiger partial charge in [0, 0.05) is 6.04 Å². The van der Waals surface area contributed by atoms with Crippen molar-refractivity contribution >= 4 is 0 Å². The molecule has 0 aliphatic heterocycles. The number of rotatable bonds is 4. The number of nitrogens with two attached hydrogens (primary N) is 1. The summed E-state index contributed by atoms with van der Waals surface area (Å²) in [6, 6.07) is 0.204. The van der Waals surface area contributed by atoms with Crippen molar-refractivity contribution in [2.75, 3.05) is 0 Å². The molecule has 0 amide bonds. The van der Waals surface area contributed by atoms with Crippen LogP contribution in [0.15, 0.2) is 12.2 Å². The van der Waals surface area contributed by atoms with Crippen LogP contribution < -0.4 is 5.73 Å². The zero-order chi connectivity index (χ0) is 8.15. The molecule has 0 aliphatic carbocycles. The quantitative estimate of drug-likeness (QED) is 0.597. The van der Waals surface area contributed by atoms with Crippen molar-refractivity contribution < 1.29 is 0 Å². The van der Waals surface area contributed by atoms with Crippen LogP contribution in [0.3, 0.4) is 0 Å². The highest BCUT2D eigenvalue weighted by Crippen LogP contribution is 2.11. The van der Waals surface area contributed by atoms with E-state index in [0.29, 0.717) is 0 Å². The molecule has 0 saturated heterocycles. The van der Waals surface area contributed by atoms with E-state index in [2.05, 4.69) is 20.4 Å². The minimum atomic E-state index is 0.204. The second kappa shape index (κ2) is 4.51. The second-order valence-corrected chi connectivity index (χ2v) is 3.20. The van der Waals surface area contributed by atoms with Crippen molar-refractivity contribution in [2.45, 2.75) is 39.7 Å². The molecular formula is C9H19N. The van der Waals surface area contributed by atoms with Crippen molar-refractivity contribution in [1.82, 2.24) is 0 Å². The molecule has 2 N–H and O–H groups in total. The van der Waals surface area contributed by atoms with Crippen LogP contribution in [0, 0.1) is 5.92 Å². The van der Waals surface area contributed by atoms with Crippen molar-refractivity contribution in [2.24, 2.45) is 11.7 Å². The molecule has 60 valence electrons. The first-order chi connectivity index (χ1) is 4.57. The smallest absolute Gasteiger partial charge is 0.0250 e. The molecule has 2 atom stereocenters.